The fourth-order valence-electron chi connectivity index (χ4n) is 8.30. The first-order valence-electron chi connectivity index (χ1n) is 17.7. The van der Waals surface area contributed by atoms with Gasteiger partial charge < -0.3 is 4.90 Å². The van der Waals surface area contributed by atoms with Crippen molar-refractivity contribution in [2.75, 3.05) is 4.90 Å². The number of nitrogens with zero attached hydrogens (tertiary/aromatic N) is 1. The lowest BCUT2D eigenvalue weighted by molar-refractivity contribution is 1.29. The topological polar surface area (TPSA) is 3.24 Å². The first-order chi connectivity index (χ1) is 25.0. The Balaban J connectivity index is 1.18. The molecular weight excluding hydrogens is 651 g/mol. The van der Waals surface area contributed by atoms with Crippen LogP contribution in [0.4, 0.5) is 17.1 Å². The van der Waals surface area contributed by atoms with Crippen molar-refractivity contribution < 1.29 is 0 Å². The Morgan fingerprint density at radius 1 is 0.451 bits per heavy atom. The minimum Gasteiger partial charge on any atom is -0.310 e. The van der Waals surface area contributed by atoms with E-state index in [9.17, 15) is 0 Å². The van der Waals surface area contributed by atoms with E-state index >= 15 is 0 Å². The van der Waals surface area contributed by atoms with Gasteiger partial charge in [-0.1, -0.05) is 140 Å². The van der Waals surface area contributed by atoms with E-state index in [1.54, 1.807) is 5.19 Å². The molecule has 242 valence electrons. The van der Waals surface area contributed by atoms with E-state index in [1.807, 2.05) is 11.3 Å². The number of hydrogen-bond donors (Lipinski definition) is 0. The van der Waals surface area contributed by atoms with Gasteiger partial charge in [-0.2, -0.15) is 0 Å². The van der Waals surface area contributed by atoms with Crippen LogP contribution in [0.25, 0.3) is 64.3 Å². The summed E-state index contributed by atoms with van der Waals surface area (Å²) in [6.45, 7) is 5.06. The van der Waals surface area contributed by atoms with Crippen LogP contribution in [0.2, 0.25) is 13.1 Å². The molecule has 0 unspecified atom stereocenters. The first kappa shape index (κ1) is 30.1. The van der Waals surface area contributed by atoms with E-state index in [4.69, 9.17) is 0 Å². The normalized spacial score (nSPS) is 13.1. The van der Waals surface area contributed by atoms with Gasteiger partial charge in [0.2, 0.25) is 0 Å². The van der Waals surface area contributed by atoms with Crippen molar-refractivity contribution in [1.82, 2.24) is 0 Å². The van der Waals surface area contributed by atoms with E-state index < -0.39 is 8.07 Å². The lowest BCUT2D eigenvalue weighted by Gasteiger charge is -2.29. The van der Waals surface area contributed by atoms with Crippen LogP contribution in [-0.4, -0.2) is 8.07 Å². The molecule has 0 saturated heterocycles. The molecule has 3 heteroatoms. The highest BCUT2D eigenvalue weighted by atomic mass is 32.1. The zero-order chi connectivity index (χ0) is 34.1. The standard InChI is InChI=1S/C48H35NSSi/c1-51(2)45-29-28-44-47(40-17-9-11-19-43(40)50-44)48(45)41-27-26-38(31-46(41)51)49(37-24-22-34(23-25-37)32-12-4-3-5-13-32)42-18-10-8-16-39(42)36-21-20-33-14-6-7-15-35(33)30-36/h3-31H,1-2H3. The number of benzene rings is 8. The Bertz CT molecular complexity index is 2780. The molecule has 9 aromatic rings. The van der Waals surface area contributed by atoms with Crippen LogP contribution in [0.5, 0.6) is 0 Å². The highest BCUT2D eigenvalue weighted by Gasteiger charge is 2.39. The van der Waals surface area contributed by atoms with Gasteiger partial charge in [0.05, 0.1) is 5.69 Å². The van der Waals surface area contributed by atoms with Gasteiger partial charge in [-0.15, -0.1) is 11.3 Å². The minimum absolute atomic E-state index is 1.14. The summed E-state index contributed by atoms with van der Waals surface area (Å²) in [5.74, 6) is 0. The highest BCUT2D eigenvalue weighted by molar-refractivity contribution is 7.26. The van der Waals surface area contributed by atoms with Crippen LogP contribution in [0, 0.1) is 0 Å². The first-order valence-corrected chi connectivity index (χ1v) is 21.5. The van der Waals surface area contributed by atoms with Crippen molar-refractivity contribution in [3.05, 3.63) is 176 Å². The monoisotopic (exact) mass is 685 g/mol. The van der Waals surface area contributed by atoms with Crippen LogP contribution in [0.15, 0.2) is 176 Å². The summed E-state index contributed by atoms with van der Waals surface area (Å²) in [4.78, 5) is 2.47. The van der Waals surface area contributed by atoms with E-state index in [0.29, 0.717) is 0 Å². The average molecular weight is 686 g/mol. The summed E-state index contributed by atoms with van der Waals surface area (Å²) in [5, 5.41) is 8.35. The minimum atomic E-state index is -2.02. The zero-order valence-electron chi connectivity index (χ0n) is 28.6. The second kappa shape index (κ2) is 11.7. The summed E-state index contributed by atoms with van der Waals surface area (Å²) in [6.07, 6.45) is 0. The molecule has 0 saturated carbocycles. The van der Waals surface area contributed by atoms with E-state index in [2.05, 4.69) is 194 Å². The predicted octanol–water partition coefficient (Wildman–Crippen LogP) is 12.8. The molecule has 0 bridgehead atoms. The van der Waals surface area contributed by atoms with Crippen LogP contribution in [0.1, 0.15) is 0 Å². The van der Waals surface area contributed by atoms with Gasteiger partial charge in [0.15, 0.2) is 0 Å². The Morgan fingerprint density at radius 3 is 2.00 bits per heavy atom. The molecule has 0 aliphatic carbocycles. The molecule has 2 heterocycles. The van der Waals surface area contributed by atoms with Crippen molar-refractivity contribution in [2.24, 2.45) is 0 Å². The van der Waals surface area contributed by atoms with Gasteiger partial charge in [0.1, 0.15) is 8.07 Å². The maximum atomic E-state index is 2.53. The molecule has 10 rings (SSSR count). The van der Waals surface area contributed by atoms with Gasteiger partial charge in [-0.25, -0.2) is 0 Å². The van der Waals surface area contributed by atoms with E-state index in [0.717, 1.165) is 5.69 Å². The predicted molar refractivity (Wildman–Crippen MR) is 225 cm³/mol. The highest BCUT2D eigenvalue weighted by Crippen LogP contribution is 2.45. The average Bonchev–Trinajstić information content (AvgIpc) is 3.67. The maximum Gasteiger partial charge on any atom is 0.113 e. The summed E-state index contributed by atoms with van der Waals surface area (Å²) < 4.78 is 2.74. The molecule has 1 nitrogen and oxygen atoms in total. The van der Waals surface area contributed by atoms with Crippen molar-refractivity contribution in [3.8, 4) is 33.4 Å². The van der Waals surface area contributed by atoms with Gasteiger partial charge in [0.25, 0.3) is 0 Å². The number of anilines is 3. The molecule has 1 aliphatic heterocycles. The van der Waals surface area contributed by atoms with Gasteiger partial charge in [-0.05, 0) is 97.5 Å². The van der Waals surface area contributed by atoms with Crippen molar-refractivity contribution in [1.29, 1.82) is 0 Å². The quantitative estimate of drug-likeness (QED) is 0.163. The smallest absolute Gasteiger partial charge is 0.113 e. The van der Waals surface area contributed by atoms with Crippen molar-refractivity contribution >= 4 is 77.8 Å². The Hall–Kier alpha value is -5.74. The SMILES string of the molecule is C[Si]1(C)c2cc(N(c3ccc(-c4ccccc4)cc3)c3ccccc3-c3ccc4ccccc4c3)ccc2-c2c1ccc1sc3ccccc3c21. The van der Waals surface area contributed by atoms with E-state index in [1.165, 1.54) is 80.9 Å². The maximum absolute atomic E-state index is 2.53. The molecule has 0 radical (unpaired) electrons. The van der Waals surface area contributed by atoms with Crippen LogP contribution < -0.4 is 15.3 Å². The third kappa shape index (κ3) is 4.80. The van der Waals surface area contributed by atoms with E-state index in [-0.39, 0.29) is 0 Å². The number of rotatable bonds is 5. The third-order valence-electron chi connectivity index (χ3n) is 10.9. The third-order valence-corrected chi connectivity index (χ3v) is 15.5. The number of fused-ring (bicyclic) bond motifs is 8. The van der Waals surface area contributed by atoms with Crippen LogP contribution in [-0.2, 0) is 0 Å². The van der Waals surface area contributed by atoms with Crippen LogP contribution >= 0.6 is 11.3 Å². The van der Waals surface area contributed by atoms with Crippen molar-refractivity contribution in [3.63, 3.8) is 0 Å². The largest absolute Gasteiger partial charge is 0.310 e. The zero-order valence-corrected chi connectivity index (χ0v) is 30.4. The fourth-order valence-corrected chi connectivity index (χ4v) is 12.5. The lowest BCUT2D eigenvalue weighted by Crippen LogP contribution is -2.49. The number of hydrogen-bond acceptors (Lipinski definition) is 2. The molecule has 0 spiro atoms. The Kier molecular flexibility index (Phi) is 6.89. The summed E-state index contributed by atoms with van der Waals surface area (Å²) >= 11 is 1.91. The number of thiophene rings is 1. The van der Waals surface area contributed by atoms with Crippen molar-refractivity contribution in [2.45, 2.75) is 13.1 Å². The van der Waals surface area contributed by atoms with Gasteiger partial charge >= 0.3 is 0 Å². The molecule has 8 aromatic carbocycles. The Labute approximate surface area is 303 Å². The lowest BCUT2D eigenvalue weighted by atomic mass is 9.97. The molecular formula is C48H35NSSi. The molecule has 0 fully saturated rings. The summed E-state index contributed by atoms with van der Waals surface area (Å²) in [5.41, 5.74) is 11.2. The van der Waals surface area contributed by atoms with Gasteiger partial charge in [0, 0.05) is 37.1 Å². The molecule has 0 atom stereocenters. The molecule has 51 heavy (non-hydrogen) atoms. The van der Waals surface area contributed by atoms with Crippen LogP contribution in [0.3, 0.4) is 0 Å². The fraction of sp³-hybridized carbons (Fsp3) is 0.0417. The summed E-state index contributed by atoms with van der Waals surface area (Å²) in [6, 6.07) is 65.1. The summed E-state index contributed by atoms with van der Waals surface area (Å²) in [7, 11) is -2.02. The second-order valence-electron chi connectivity index (χ2n) is 14.1. The number of para-hydroxylation sites is 1. The Morgan fingerprint density at radius 2 is 1.14 bits per heavy atom. The molecule has 0 N–H and O–H groups in total. The van der Waals surface area contributed by atoms with Gasteiger partial charge in [-0.3, -0.25) is 0 Å². The molecule has 0 amide bonds. The molecule has 1 aromatic heterocycles. The second-order valence-corrected chi connectivity index (χ2v) is 19.6. The molecule has 1 aliphatic rings.